The van der Waals surface area contributed by atoms with Crippen LogP contribution >= 0.6 is 0 Å². The van der Waals surface area contributed by atoms with Gasteiger partial charge in [-0.25, -0.2) is 4.79 Å². The van der Waals surface area contributed by atoms with Crippen molar-refractivity contribution in [1.29, 1.82) is 0 Å². The van der Waals surface area contributed by atoms with Crippen LogP contribution in [0.2, 0.25) is 0 Å². The van der Waals surface area contributed by atoms with E-state index in [2.05, 4.69) is 17.0 Å². The molecule has 6 nitrogen and oxygen atoms in total. The summed E-state index contributed by atoms with van der Waals surface area (Å²) in [7, 11) is 3.30. The molecule has 1 aliphatic rings. The van der Waals surface area contributed by atoms with E-state index in [4.69, 9.17) is 9.72 Å². The molecule has 31 heavy (non-hydrogen) atoms. The number of carbonyl (C=O) groups is 2. The van der Waals surface area contributed by atoms with Crippen LogP contribution in [-0.2, 0) is 29.0 Å². The first-order valence-electron chi connectivity index (χ1n) is 10.5. The summed E-state index contributed by atoms with van der Waals surface area (Å²) in [6.07, 6.45) is -0.0893. The molecular weight excluding hydrogens is 390 g/mol. The van der Waals surface area contributed by atoms with Crippen LogP contribution in [0.3, 0.4) is 0 Å². The number of para-hydroxylation sites is 1. The predicted molar refractivity (Wildman–Crippen MR) is 120 cm³/mol. The second-order valence-corrected chi connectivity index (χ2v) is 8.16. The lowest BCUT2D eigenvalue weighted by molar-refractivity contribution is -0.137. The fourth-order valence-electron chi connectivity index (χ4n) is 4.09. The minimum atomic E-state index is -0.853. The maximum Gasteiger partial charge on any atom is 0.339 e. The van der Waals surface area contributed by atoms with E-state index in [1.54, 1.807) is 21.0 Å². The predicted octanol–water partition coefficient (Wildman–Crippen LogP) is 3.43. The highest BCUT2D eigenvalue weighted by molar-refractivity contribution is 6.05. The SMILES string of the molecule is C[C@@H](OC(=O)c1c2c(nc3ccccc13)CCN(Cc1ccccc1)C2)C(=O)N(C)C. The normalized spacial score (nSPS) is 14.7. The van der Waals surface area contributed by atoms with Gasteiger partial charge in [-0.15, -0.1) is 0 Å². The van der Waals surface area contributed by atoms with Crippen molar-refractivity contribution < 1.29 is 14.3 Å². The minimum absolute atomic E-state index is 0.244. The molecule has 2 aromatic carbocycles. The van der Waals surface area contributed by atoms with Crippen LogP contribution in [-0.4, -0.2) is 53.4 Å². The first-order chi connectivity index (χ1) is 14.9. The maximum atomic E-state index is 13.3. The fraction of sp³-hybridized carbons (Fsp3) is 0.320. The lowest BCUT2D eigenvalue weighted by Crippen LogP contribution is -2.36. The van der Waals surface area contributed by atoms with E-state index >= 15 is 0 Å². The highest BCUT2D eigenvalue weighted by atomic mass is 16.5. The smallest absolute Gasteiger partial charge is 0.339 e. The monoisotopic (exact) mass is 417 g/mol. The zero-order valence-electron chi connectivity index (χ0n) is 18.2. The van der Waals surface area contributed by atoms with E-state index in [1.165, 1.54) is 10.5 Å². The Hall–Kier alpha value is -3.25. The molecule has 1 aromatic heterocycles. The number of fused-ring (bicyclic) bond motifs is 2. The Morgan fingerprint density at radius 2 is 1.81 bits per heavy atom. The number of esters is 1. The van der Waals surface area contributed by atoms with Crippen molar-refractivity contribution in [2.24, 2.45) is 0 Å². The third kappa shape index (κ3) is 4.44. The molecule has 1 aliphatic heterocycles. The van der Waals surface area contributed by atoms with Crippen LogP contribution in [0.1, 0.15) is 34.1 Å². The summed E-state index contributed by atoms with van der Waals surface area (Å²) >= 11 is 0. The molecule has 0 aliphatic carbocycles. The van der Waals surface area contributed by atoms with Crippen LogP contribution in [0.4, 0.5) is 0 Å². The number of likely N-dealkylation sites (N-methyl/N-ethyl adjacent to an activating group) is 1. The number of nitrogens with zero attached hydrogens (tertiary/aromatic N) is 3. The number of hydrogen-bond acceptors (Lipinski definition) is 5. The van der Waals surface area contributed by atoms with E-state index in [0.717, 1.165) is 41.7 Å². The summed E-state index contributed by atoms with van der Waals surface area (Å²) < 4.78 is 5.61. The molecule has 160 valence electrons. The molecule has 1 atom stereocenters. The Balaban J connectivity index is 1.69. The van der Waals surface area contributed by atoms with Crippen LogP contribution in [0.5, 0.6) is 0 Å². The molecule has 6 heteroatoms. The molecule has 0 N–H and O–H groups in total. The van der Waals surface area contributed by atoms with Crippen molar-refractivity contribution in [3.63, 3.8) is 0 Å². The minimum Gasteiger partial charge on any atom is -0.449 e. The second-order valence-electron chi connectivity index (χ2n) is 8.16. The molecule has 2 heterocycles. The Morgan fingerprint density at radius 1 is 1.10 bits per heavy atom. The average Bonchev–Trinajstić information content (AvgIpc) is 2.77. The van der Waals surface area contributed by atoms with Gasteiger partial charge < -0.3 is 9.64 Å². The van der Waals surface area contributed by atoms with Crippen LogP contribution in [0.25, 0.3) is 10.9 Å². The molecule has 0 saturated carbocycles. The molecule has 0 fully saturated rings. The van der Waals surface area contributed by atoms with Crippen molar-refractivity contribution in [2.45, 2.75) is 32.5 Å². The molecule has 0 unspecified atom stereocenters. The van der Waals surface area contributed by atoms with E-state index in [-0.39, 0.29) is 5.91 Å². The molecule has 4 rings (SSSR count). The van der Waals surface area contributed by atoms with Crippen LogP contribution in [0.15, 0.2) is 54.6 Å². The van der Waals surface area contributed by atoms with E-state index < -0.39 is 12.1 Å². The average molecular weight is 418 g/mol. The van der Waals surface area contributed by atoms with Gasteiger partial charge in [-0.1, -0.05) is 48.5 Å². The van der Waals surface area contributed by atoms with Gasteiger partial charge in [0.05, 0.1) is 11.1 Å². The standard InChI is InChI=1S/C25H27N3O3/c1-17(24(29)27(2)3)31-25(30)23-19-11-7-8-12-21(19)26-22-13-14-28(16-20(22)23)15-18-9-5-4-6-10-18/h4-12,17H,13-16H2,1-3H3/t17-/m1/s1. The first-order valence-corrected chi connectivity index (χ1v) is 10.5. The zero-order valence-corrected chi connectivity index (χ0v) is 18.2. The summed E-state index contributed by atoms with van der Waals surface area (Å²) in [5.74, 6) is -0.717. The topological polar surface area (TPSA) is 62.7 Å². The molecule has 0 saturated heterocycles. The number of amides is 1. The number of hydrogen-bond donors (Lipinski definition) is 0. The summed E-state index contributed by atoms with van der Waals surface area (Å²) in [4.78, 5) is 34.1. The highest BCUT2D eigenvalue weighted by Gasteiger charge is 2.29. The maximum absolute atomic E-state index is 13.3. The van der Waals surface area contributed by atoms with Gasteiger partial charge in [0.15, 0.2) is 6.10 Å². The number of benzene rings is 2. The molecule has 0 spiro atoms. The fourth-order valence-corrected chi connectivity index (χ4v) is 4.09. The third-order valence-electron chi connectivity index (χ3n) is 5.65. The molecule has 1 amide bonds. The van der Waals surface area contributed by atoms with Crippen molar-refractivity contribution in [3.05, 3.63) is 77.0 Å². The van der Waals surface area contributed by atoms with Gasteiger partial charge in [0.25, 0.3) is 5.91 Å². The van der Waals surface area contributed by atoms with Gasteiger partial charge in [-0.3, -0.25) is 14.7 Å². The summed E-state index contributed by atoms with van der Waals surface area (Å²) in [6.45, 7) is 3.90. The van der Waals surface area contributed by atoms with E-state index in [1.807, 2.05) is 42.5 Å². The van der Waals surface area contributed by atoms with Crippen molar-refractivity contribution in [2.75, 3.05) is 20.6 Å². The first kappa shape index (κ1) is 21.0. The Kier molecular flexibility index (Phi) is 6.00. The number of aromatic nitrogens is 1. The number of rotatable bonds is 5. The van der Waals surface area contributed by atoms with Crippen molar-refractivity contribution >= 4 is 22.8 Å². The van der Waals surface area contributed by atoms with Crippen molar-refractivity contribution in [1.82, 2.24) is 14.8 Å². The van der Waals surface area contributed by atoms with Crippen LogP contribution in [0, 0.1) is 0 Å². The summed E-state index contributed by atoms with van der Waals surface area (Å²) in [5.41, 5.74) is 4.36. The molecule has 0 radical (unpaired) electrons. The summed E-state index contributed by atoms with van der Waals surface area (Å²) in [5, 5.41) is 0.761. The Labute approximate surface area is 182 Å². The quantitative estimate of drug-likeness (QED) is 0.595. The van der Waals surface area contributed by atoms with E-state index in [9.17, 15) is 9.59 Å². The largest absolute Gasteiger partial charge is 0.449 e. The summed E-state index contributed by atoms with van der Waals surface area (Å²) in [6, 6.07) is 17.9. The van der Waals surface area contributed by atoms with Gasteiger partial charge in [-0.05, 0) is 18.6 Å². The second kappa shape index (κ2) is 8.86. The molecule has 3 aromatic rings. The van der Waals surface area contributed by atoms with Gasteiger partial charge in [0, 0.05) is 56.8 Å². The van der Waals surface area contributed by atoms with Gasteiger partial charge in [0.2, 0.25) is 0 Å². The molecule has 0 bridgehead atoms. The van der Waals surface area contributed by atoms with E-state index in [0.29, 0.717) is 12.1 Å². The Morgan fingerprint density at radius 3 is 2.55 bits per heavy atom. The lowest BCUT2D eigenvalue weighted by atomic mass is 9.95. The van der Waals surface area contributed by atoms with Gasteiger partial charge in [-0.2, -0.15) is 0 Å². The van der Waals surface area contributed by atoms with Gasteiger partial charge >= 0.3 is 5.97 Å². The zero-order chi connectivity index (χ0) is 22.0. The third-order valence-corrected chi connectivity index (χ3v) is 5.65. The van der Waals surface area contributed by atoms with Crippen LogP contribution < -0.4 is 0 Å². The number of carbonyl (C=O) groups excluding carboxylic acids is 2. The molecular formula is C25H27N3O3. The lowest BCUT2D eigenvalue weighted by Gasteiger charge is -2.30. The Bertz CT molecular complexity index is 1110. The van der Waals surface area contributed by atoms with Crippen molar-refractivity contribution in [3.8, 4) is 0 Å². The number of pyridine rings is 1. The van der Waals surface area contributed by atoms with Gasteiger partial charge in [0.1, 0.15) is 0 Å². The number of ether oxygens (including phenoxy) is 1. The highest BCUT2D eigenvalue weighted by Crippen LogP contribution is 2.29.